The first-order valence-electron chi connectivity index (χ1n) is 3.91. The van der Waals surface area contributed by atoms with Crippen molar-refractivity contribution in [3.8, 4) is 0 Å². The highest BCUT2D eigenvalue weighted by molar-refractivity contribution is 5.36. The molecule has 1 saturated heterocycles. The molecule has 0 saturated carbocycles. The molecule has 0 atom stereocenters. The van der Waals surface area contributed by atoms with Gasteiger partial charge < -0.3 is 4.90 Å². The van der Waals surface area contributed by atoms with Crippen LogP contribution in [-0.2, 0) is 0 Å². The van der Waals surface area contributed by atoms with Crippen LogP contribution in [0.25, 0.3) is 0 Å². The van der Waals surface area contributed by atoms with Crippen LogP contribution in [-0.4, -0.2) is 23.1 Å². The Hall–Kier alpha value is -1.12. The second-order valence-electron chi connectivity index (χ2n) is 2.71. The van der Waals surface area contributed by atoms with Gasteiger partial charge in [-0.3, -0.25) is 0 Å². The van der Waals surface area contributed by atoms with E-state index in [0.29, 0.717) is 0 Å². The fourth-order valence-electron chi connectivity index (χ4n) is 1.38. The Balaban J connectivity index is 2.16. The van der Waals surface area contributed by atoms with Crippen molar-refractivity contribution in [2.24, 2.45) is 0 Å². The van der Waals surface area contributed by atoms with Gasteiger partial charge in [-0.25, -0.2) is 9.97 Å². The minimum absolute atomic E-state index is 1.01. The van der Waals surface area contributed by atoms with Gasteiger partial charge in [-0.1, -0.05) is 0 Å². The zero-order valence-electron chi connectivity index (χ0n) is 6.32. The van der Waals surface area contributed by atoms with Crippen LogP contribution >= 0.6 is 0 Å². The van der Waals surface area contributed by atoms with E-state index >= 15 is 0 Å². The smallest absolute Gasteiger partial charge is 0.199 e. The Morgan fingerprint density at radius 1 is 1.36 bits per heavy atom. The van der Waals surface area contributed by atoms with Crippen molar-refractivity contribution < 1.29 is 0 Å². The van der Waals surface area contributed by atoms with E-state index in [1.807, 2.05) is 6.07 Å². The van der Waals surface area contributed by atoms with E-state index < -0.39 is 0 Å². The number of hydrogen-bond acceptors (Lipinski definition) is 3. The molecular formula is C8H10N3. The Labute approximate surface area is 66.1 Å². The number of anilines is 1. The van der Waals surface area contributed by atoms with Gasteiger partial charge in [0.15, 0.2) is 6.33 Å². The van der Waals surface area contributed by atoms with Crippen LogP contribution in [0.5, 0.6) is 0 Å². The Kier molecular flexibility index (Phi) is 1.71. The SMILES string of the molecule is [c]1nccc(N2CCCC2)n1. The van der Waals surface area contributed by atoms with Crippen LogP contribution in [0.2, 0.25) is 0 Å². The lowest BCUT2D eigenvalue weighted by molar-refractivity contribution is 0.924. The predicted molar refractivity (Wildman–Crippen MR) is 42.3 cm³/mol. The third-order valence-corrected chi connectivity index (χ3v) is 1.95. The fourth-order valence-corrected chi connectivity index (χ4v) is 1.38. The van der Waals surface area contributed by atoms with Crippen LogP contribution in [0.15, 0.2) is 12.3 Å². The third-order valence-electron chi connectivity index (χ3n) is 1.95. The molecule has 0 spiro atoms. The quantitative estimate of drug-likeness (QED) is 0.592. The molecule has 11 heavy (non-hydrogen) atoms. The van der Waals surface area contributed by atoms with E-state index in [1.165, 1.54) is 12.8 Å². The monoisotopic (exact) mass is 148 g/mol. The first kappa shape index (κ1) is 6.58. The summed E-state index contributed by atoms with van der Waals surface area (Å²) in [6.07, 6.45) is 6.90. The van der Waals surface area contributed by atoms with Crippen LogP contribution in [0.4, 0.5) is 5.82 Å². The maximum atomic E-state index is 4.05. The summed E-state index contributed by atoms with van der Waals surface area (Å²) in [5, 5.41) is 0. The fraction of sp³-hybridized carbons (Fsp3) is 0.500. The lowest BCUT2D eigenvalue weighted by Crippen LogP contribution is -2.18. The number of hydrogen-bond donors (Lipinski definition) is 0. The van der Waals surface area contributed by atoms with E-state index in [-0.39, 0.29) is 0 Å². The molecule has 0 aliphatic carbocycles. The largest absolute Gasteiger partial charge is 0.356 e. The molecule has 57 valence electrons. The topological polar surface area (TPSA) is 29.0 Å². The standard InChI is InChI=1S/C8H10N3/c1-2-6-11(5-1)8-3-4-9-7-10-8/h3-4H,1-2,5-6H2. The Morgan fingerprint density at radius 2 is 2.18 bits per heavy atom. The van der Waals surface area contributed by atoms with E-state index in [2.05, 4.69) is 21.2 Å². The normalized spacial score (nSPS) is 17.3. The highest BCUT2D eigenvalue weighted by Crippen LogP contribution is 2.15. The number of rotatable bonds is 1. The second-order valence-corrected chi connectivity index (χ2v) is 2.71. The van der Waals surface area contributed by atoms with Crippen molar-refractivity contribution in [3.05, 3.63) is 18.6 Å². The molecule has 0 N–H and O–H groups in total. The molecule has 1 aromatic heterocycles. The molecule has 0 bridgehead atoms. The van der Waals surface area contributed by atoms with Gasteiger partial charge in [-0.05, 0) is 18.9 Å². The number of nitrogens with zero attached hydrogens (tertiary/aromatic N) is 3. The molecular weight excluding hydrogens is 138 g/mol. The van der Waals surface area contributed by atoms with Gasteiger partial charge in [0.05, 0.1) is 0 Å². The minimum atomic E-state index is 1.01. The first-order chi connectivity index (χ1) is 5.47. The zero-order valence-corrected chi connectivity index (χ0v) is 6.32. The van der Waals surface area contributed by atoms with Crippen molar-refractivity contribution in [1.82, 2.24) is 9.97 Å². The molecule has 1 aliphatic heterocycles. The zero-order chi connectivity index (χ0) is 7.52. The lowest BCUT2D eigenvalue weighted by Gasteiger charge is -2.14. The Morgan fingerprint density at radius 3 is 2.82 bits per heavy atom. The van der Waals surface area contributed by atoms with Gasteiger partial charge in [0.2, 0.25) is 0 Å². The lowest BCUT2D eigenvalue weighted by atomic mass is 10.4. The van der Waals surface area contributed by atoms with Gasteiger partial charge in [-0.15, -0.1) is 0 Å². The highest BCUT2D eigenvalue weighted by Gasteiger charge is 2.12. The molecule has 1 aromatic rings. The van der Waals surface area contributed by atoms with Crippen molar-refractivity contribution in [2.75, 3.05) is 18.0 Å². The summed E-state index contributed by atoms with van der Waals surface area (Å²) >= 11 is 0. The van der Waals surface area contributed by atoms with Gasteiger partial charge in [0.25, 0.3) is 0 Å². The van der Waals surface area contributed by atoms with Gasteiger partial charge >= 0.3 is 0 Å². The molecule has 0 amide bonds. The van der Waals surface area contributed by atoms with Gasteiger partial charge in [0.1, 0.15) is 5.82 Å². The summed E-state index contributed by atoms with van der Waals surface area (Å²) in [4.78, 5) is 10.1. The molecule has 2 rings (SSSR count). The van der Waals surface area contributed by atoms with Crippen molar-refractivity contribution >= 4 is 5.82 Å². The maximum absolute atomic E-state index is 4.05. The minimum Gasteiger partial charge on any atom is -0.356 e. The van der Waals surface area contributed by atoms with Crippen LogP contribution < -0.4 is 4.90 Å². The maximum Gasteiger partial charge on any atom is 0.199 e. The van der Waals surface area contributed by atoms with Crippen LogP contribution in [0.1, 0.15) is 12.8 Å². The van der Waals surface area contributed by atoms with E-state index in [9.17, 15) is 0 Å². The molecule has 0 unspecified atom stereocenters. The van der Waals surface area contributed by atoms with Crippen LogP contribution in [0, 0.1) is 6.33 Å². The summed E-state index contributed by atoms with van der Waals surface area (Å²) in [6.45, 7) is 2.26. The summed E-state index contributed by atoms with van der Waals surface area (Å²) < 4.78 is 0. The highest BCUT2D eigenvalue weighted by atomic mass is 15.2. The molecule has 0 aromatic carbocycles. The second kappa shape index (κ2) is 2.86. The van der Waals surface area contributed by atoms with E-state index in [4.69, 9.17) is 0 Å². The summed E-state index contributed by atoms with van der Waals surface area (Å²) in [5.41, 5.74) is 0. The Bertz CT molecular complexity index is 216. The van der Waals surface area contributed by atoms with Gasteiger partial charge in [0, 0.05) is 19.3 Å². The van der Waals surface area contributed by atoms with Crippen molar-refractivity contribution in [2.45, 2.75) is 12.8 Å². The van der Waals surface area contributed by atoms with E-state index in [1.54, 1.807) is 6.20 Å². The average molecular weight is 148 g/mol. The van der Waals surface area contributed by atoms with Crippen molar-refractivity contribution in [3.63, 3.8) is 0 Å². The molecule has 2 heterocycles. The predicted octanol–water partition coefficient (Wildman–Crippen LogP) is 0.877. The van der Waals surface area contributed by atoms with Gasteiger partial charge in [-0.2, -0.15) is 0 Å². The molecule has 1 radical (unpaired) electrons. The summed E-state index contributed by atoms with van der Waals surface area (Å²) in [5.74, 6) is 1.01. The summed E-state index contributed by atoms with van der Waals surface area (Å²) in [7, 11) is 0. The van der Waals surface area contributed by atoms with Crippen molar-refractivity contribution in [1.29, 1.82) is 0 Å². The summed E-state index contributed by atoms with van der Waals surface area (Å²) in [6, 6.07) is 1.93. The number of aromatic nitrogens is 2. The third kappa shape index (κ3) is 1.31. The molecule has 1 fully saturated rings. The van der Waals surface area contributed by atoms with E-state index in [0.717, 1.165) is 18.9 Å². The molecule has 1 aliphatic rings. The molecule has 3 nitrogen and oxygen atoms in total. The van der Waals surface area contributed by atoms with Crippen LogP contribution in [0.3, 0.4) is 0 Å². The average Bonchev–Trinajstić information content (AvgIpc) is 2.58. The first-order valence-corrected chi connectivity index (χ1v) is 3.91. The molecule has 3 heteroatoms.